The summed E-state index contributed by atoms with van der Waals surface area (Å²) in [6.07, 6.45) is 1.46. The molecule has 0 aromatic heterocycles. The largest absolute Gasteiger partial charge is 0.454 e. The highest BCUT2D eigenvalue weighted by Gasteiger charge is 2.34. The Morgan fingerprint density at radius 2 is 1.88 bits per heavy atom. The highest BCUT2D eigenvalue weighted by molar-refractivity contribution is 8.27. The molecule has 2 aliphatic rings. The smallest absolute Gasteiger partial charge is 0.280 e. The van der Waals surface area contributed by atoms with Crippen molar-refractivity contribution < 1.29 is 19.2 Å². The van der Waals surface area contributed by atoms with Crippen LogP contribution in [0, 0.1) is 10.1 Å². The number of nitro benzene ring substituents is 1. The second-order valence-corrected chi connectivity index (χ2v) is 7.05. The van der Waals surface area contributed by atoms with E-state index in [0.29, 0.717) is 26.4 Å². The maximum absolute atomic E-state index is 12.8. The maximum atomic E-state index is 12.8. The molecule has 7 nitrogen and oxygen atoms in total. The third-order valence-electron chi connectivity index (χ3n) is 3.81. The average molecular weight is 386 g/mol. The lowest BCUT2D eigenvalue weighted by atomic mass is 10.1. The van der Waals surface area contributed by atoms with Crippen LogP contribution in [0.25, 0.3) is 6.08 Å². The first-order chi connectivity index (χ1) is 12.5. The van der Waals surface area contributed by atoms with Gasteiger partial charge in [0.25, 0.3) is 11.6 Å². The van der Waals surface area contributed by atoms with E-state index >= 15 is 0 Å². The van der Waals surface area contributed by atoms with E-state index in [1.807, 2.05) is 6.07 Å². The van der Waals surface area contributed by atoms with Crippen LogP contribution in [-0.4, -0.2) is 21.9 Å². The zero-order chi connectivity index (χ0) is 18.3. The minimum atomic E-state index is -0.522. The van der Waals surface area contributed by atoms with Gasteiger partial charge in [0.05, 0.1) is 27.1 Å². The van der Waals surface area contributed by atoms with Crippen molar-refractivity contribution in [1.29, 1.82) is 0 Å². The summed E-state index contributed by atoms with van der Waals surface area (Å²) in [6.45, 7) is 0.00602. The molecule has 1 fully saturated rings. The number of benzene rings is 2. The summed E-state index contributed by atoms with van der Waals surface area (Å²) in [6, 6.07) is 11.8. The number of ether oxygens (including phenoxy) is 2. The Morgan fingerprint density at radius 3 is 2.58 bits per heavy atom. The molecule has 2 heterocycles. The molecule has 0 bridgehead atoms. The van der Waals surface area contributed by atoms with Crippen molar-refractivity contribution in [3.63, 3.8) is 0 Å². The van der Waals surface area contributed by atoms with E-state index in [1.54, 1.807) is 24.3 Å². The van der Waals surface area contributed by atoms with E-state index in [2.05, 4.69) is 0 Å². The van der Waals surface area contributed by atoms with E-state index in [4.69, 9.17) is 21.7 Å². The SMILES string of the molecule is O=C1C(=Cc2cc3c(cc2[N+](=O)[O-])OCO3)SC(=S)N1c1ccccc1. The van der Waals surface area contributed by atoms with Gasteiger partial charge in [0.15, 0.2) is 15.8 Å². The number of anilines is 1. The molecule has 0 radical (unpaired) electrons. The summed E-state index contributed by atoms with van der Waals surface area (Å²) < 4.78 is 10.8. The number of thioether (sulfide) groups is 1. The maximum Gasteiger partial charge on any atom is 0.280 e. The summed E-state index contributed by atoms with van der Waals surface area (Å²) in [5.41, 5.74) is 0.741. The molecule has 9 heteroatoms. The standard InChI is InChI=1S/C17H10N2O5S2/c20-16-15(26-17(25)18(16)11-4-2-1-3-5-11)7-10-6-13-14(24-9-23-13)8-12(10)19(21)22/h1-8H,9H2. The highest BCUT2D eigenvalue weighted by Crippen LogP contribution is 2.41. The predicted molar refractivity (Wildman–Crippen MR) is 101 cm³/mol. The molecule has 0 N–H and O–H groups in total. The molecule has 130 valence electrons. The third-order valence-corrected chi connectivity index (χ3v) is 5.12. The van der Waals surface area contributed by atoms with Gasteiger partial charge in [-0.25, -0.2) is 0 Å². The fourth-order valence-electron chi connectivity index (χ4n) is 2.63. The molecule has 0 spiro atoms. The molecule has 1 saturated heterocycles. The number of thiocarbonyl (C=S) groups is 1. The molecule has 1 amide bonds. The van der Waals surface area contributed by atoms with Gasteiger partial charge in [0.1, 0.15) is 0 Å². The zero-order valence-corrected chi connectivity index (χ0v) is 14.7. The molecule has 4 rings (SSSR count). The number of hydrogen-bond acceptors (Lipinski definition) is 7. The van der Waals surface area contributed by atoms with Gasteiger partial charge in [-0.2, -0.15) is 0 Å². The van der Waals surface area contributed by atoms with E-state index in [0.717, 1.165) is 11.8 Å². The summed E-state index contributed by atoms with van der Waals surface area (Å²) >= 11 is 6.40. The summed E-state index contributed by atoms with van der Waals surface area (Å²) in [7, 11) is 0. The number of nitrogens with zero attached hydrogens (tertiary/aromatic N) is 2. The summed E-state index contributed by atoms with van der Waals surface area (Å²) in [5.74, 6) is 0.393. The number of rotatable bonds is 3. The fourth-order valence-corrected chi connectivity index (χ4v) is 3.92. The Hall–Kier alpha value is -2.91. The van der Waals surface area contributed by atoms with Crippen LogP contribution in [0.5, 0.6) is 11.5 Å². The summed E-state index contributed by atoms with van der Waals surface area (Å²) in [5, 5.41) is 11.4. The first-order valence-electron chi connectivity index (χ1n) is 7.45. The van der Waals surface area contributed by atoms with Gasteiger partial charge >= 0.3 is 0 Å². The van der Waals surface area contributed by atoms with Gasteiger partial charge < -0.3 is 9.47 Å². The number of amides is 1. The summed E-state index contributed by atoms with van der Waals surface area (Å²) in [4.78, 5) is 25.3. The lowest BCUT2D eigenvalue weighted by Gasteiger charge is -2.13. The molecule has 0 saturated carbocycles. The van der Waals surface area contributed by atoms with Crippen molar-refractivity contribution in [2.24, 2.45) is 0 Å². The Morgan fingerprint density at radius 1 is 1.19 bits per heavy atom. The van der Waals surface area contributed by atoms with Gasteiger partial charge in [-0.3, -0.25) is 19.8 Å². The number of carbonyl (C=O) groups is 1. The van der Waals surface area contributed by atoms with E-state index < -0.39 is 4.92 Å². The van der Waals surface area contributed by atoms with Crippen LogP contribution in [0.1, 0.15) is 5.56 Å². The lowest BCUT2D eigenvalue weighted by molar-refractivity contribution is -0.385. The molecule has 0 unspecified atom stereocenters. The quantitative estimate of drug-likeness (QED) is 0.344. The minimum Gasteiger partial charge on any atom is -0.454 e. The first-order valence-corrected chi connectivity index (χ1v) is 8.68. The predicted octanol–water partition coefficient (Wildman–Crippen LogP) is 3.73. The van der Waals surface area contributed by atoms with Crippen LogP contribution in [0.4, 0.5) is 11.4 Å². The van der Waals surface area contributed by atoms with E-state index in [-0.39, 0.29) is 24.0 Å². The number of nitro groups is 1. The Kier molecular flexibility index (Phi) is 4.09. The Balaban J connectivity index is 1.75. The van der Waals surface area contributed by atoms with E-state index in [1.165, 1.54) is 23.1 Å². The minimum absolute atomic E-state index is 0.00602. The number of fused-ring (bicyclic) bond motifs is 1. The van der Waals surface area contributed by atoms with Crippen molar-refractivity contribution in [1.82, 2.24) is 0 Å². The molecule has 2 aromatic rings. The fraction of sp³-hybridized carbons (Fsp3) is 0.0588. The van der Waals surface area contributed by atoms with Gasteiger partial charge in [-0.15, -0.1) is 0 Å². The third kappa shape index (κ3) is 2.80. The van der Waals surface area contributed by atoms with Crippen LogP contribution in [0.15, 0.2) is 47.4 Å². The van der Waals surface area contributed by atoms with Crippen LogP contribution in [0.3, 0.4) is 0 Å². The van der Waals surface area contributed by atoms with Gasteiger partial charge in [0, 0.05) is 0 Å². The number of hydrogen-bond donors (Lipinski definition) is 0. The van der Waals surface area contributed by atoms with Crippen LogP contribution >= 0.6 is 24.0 Å². The van der Waals surface area contributed by atoms with Crippen molar-refractivity contribution in [2.45, 2.75) is 0 Å². The normalized spacial score (nSPS) is 17.2. The van der Waals surface area contributed by atoms with Crippen LogP contribution in [-0.2, 0) is 4.79 Å². The zero-order valence-electron chi connectivity index (χ0n) is 13.1. The molecular weight excluding hydrogens is 376 g/mol. The molecule has 0 aliphatic carbocycles. The van der Waals surface area contributed by atoms with Gasteiger partial charge in [-0.05, 0) is 24.3 Å². The van der Waals surface area contributed by atoms with Crippen molar-refractivity contribution >= 4 is 51.7 Å². The van der Waals surface area contributed by atoms with E-state index in [9.17, 15) is 14.9 Å². The highest BCUT2D eigenvalue weighted by atomic mass is 32.2. The van der Waals surface area contributed by atoms with Crippen molar-refractivity contribution in [3.05, 3.63) is 63.0 Å². The number of para-hydroxylation sites is 1. The Bertz CT molecular complexity index is 975. The monoisotopic (exact) mass is 386 g/mol. The second kappa shape index (κ2) is 6.43. The van der Waals surface area contributed by atoms with Gasteiger partial charge in [0.2, 0.25) is 6.79 Å². The number of carbonyl (C=O) groups excluding carboxylic acids is 1. The molecule has 0 atom stereocenters. The second-order valence-electron chi connectivity index (χ2n) is 5.37. The lowest BCUT2D eigenvalue weighted by Crippen LogP contribution is -2.27. The topological polar surface area (TPSA) is 81.9 Å². The van der Waals surface area contributed by atoms with Crippen LogP contribution in [0.2, 0.25) is 0 Å². The van der Waals surface area contributed by atoms with Crippen molar-refractivity contribution in [3.8, 4) is 11.5 Å². The molecule has 2 aliphatic heterocycles. The molecule has 2 aromatic carbocycles. The van der Waals surface area contributed by atoms with Crippen LogP contribution < -0.4 is 14.4 Å². The Labute approximate surface area is 157 Å². The molecular formula is C17H10N2O5S2. The van der Waals surface area contributed by atoms with Crippen molar-refractivity contribution in [2.75, 3.05) is 11.7 Å². The average Bonchev–Trinajstić information content (AvgIpc) is 3.19. The first kappa shape index (κ1) is 16.6. The molecule has 26 heavy (non-hydrogen) atoms. The van der Waals surface area contributed by atoms with Gasteiger partial charge in [-0.1, -0.05) is 42.2 Å².